The fourth-order valence-corrected chi connectivity index (χ4v) is 4.54. The van der Waals surface area contributed by atoms with E-state index in [9.17, 15) is 43.9 Å². The SMILES string of the molecule is CCS(=O)(=O)c1cc(-c2ccc(OC(F)(F)F)c(F)c2)cnc1-n1cnc2cc(C(F)(F)F)ccc2c1=O. The molecule has 4 aromatic rings. The average molecular weight is 561 g/mol. The fraction of sp³-hybridized carbons (Fsp3) is 0.174. The van der Waals surface area contributed by atoms with Crippen molar-refractivity contribution in [3.05, 3.63) is 76.7 Å². The molecular weight excluding hydrogens is 547 g/mol. The van der Waals surface area contributed by atoms with E-state index < -0.39 is 61.5 Å². The predicted octanol–water partition coefficient (Wildman–Crippen LogP) is 5.30. The standard InChI is InChI=1S/C23H14F7N3O4S/c1-2-38(35,36)19-8-13(12-3-6-18(16(24)7-12)37-23(28,29)30)10-31-20(19)33-11-32-17-9-14(22(25,26)27)4-5-15(17)21(33)34/h3-11H,2H2,1H3. The lowest BCUT2D eigenvalue weighted by Crippen LogP contribution is -2.23. The van der Waals surface area contributed by atoms with Crippen LogP contribution in [-0.2, 0) is 16.0 Å². The van der Waals surface area contributed by atoms with Gasteiger partial charge in [0, 0.05) is 11.8 Å². The molecule has 15 heteroatoms. The monoisotopic (exact) mass is 561 g/mol. The highest BCUT2D eigenvalue weighted by Crippen LogP contribution is 2.32. The Morgan fingerprint density at radius 1 is 0.947 bits per heavy atom. The summed E-state index contributed by atoms with van der Waals surface area (Å²) in [6.07, 6.45) is -7.94. The van der Waals surface area contributed by atoms with Crippen molar-refractivity contribution in [2.45, 2.75) is 24.4 Å². The summed E-state index contributed by atoms with van der Waals surface area (Å²) in [5, 5.41) is -0.242. The molecule has 4 rings (SSSR count). The van der Waals surface area contributed by atoms with Crippen LogP contribution in [0.1, 0.15) is 12.5 Å². The molecule has 0 saturated carbocycles. The van der Waals surface area contributed by atoms with Crippen LogP contribution >= 0.6 is 0 Å². The number of sulfone groups is 1. The first-order valence-electron chi connectivity index (χ1n) is 10.5. The Bertz CT molecular complexity index is 1720. The third kappa shape index (κ3) is 5.32. The number of nitrogens with zero attached hydrogens (tertiary/aromatic N) is 3. The lowest BCUT2D eigenvalue weighted by Gasteiger charge is -2.14. The molecular formula is C23H14F7N3O4S. The largest absolute Gasteiger partial charge is 0.573 e. The highest BCUT2D eigenvalue weighted by molar-refractivity contribution is 7.91. The maximum atomic E-state index is 14.2. The Labute approximate surface area is 209 Å². The minimum atomic E-state index is -5.14. The van der Waals surface area contributed by atoms with Crippen molar-refractivity contribution >= 4 is 20.7 Å². The zero-order valence-corrected chi connectivity index (χ0v) is 19.7. The quantitative estimate of drug-likeness (QED) is 0.308. The Morgan fingerprint density at radius 2 is 1.66 bits per heavy atom. The van der Waals surface area contributed by atoms with Crippen LogP contribution < -0.4 is 10.3 Å². The first kappa shape index (κ1) is 27.0. The Morgan fingerprint density at radius 3 is 2.26 bits per heavy atom. The minimum Gasteiger partial charge on any atom is -0.403 e. The average Bonchev–Trinajstić information content (AvgIpc) is 2.84. The summed E-state index contributed by atoms with van der Waals surface area (Å²) in [7, 11) is -4.11. The highest BCUT2D eigenvalue weighted by atomic mass is 32.2. The predicted molar refractivity (Wildman–Crippen MR) is 120 cm³/mol. The van der Waals surface area contributed by atoms with E-state index in [1.807, 2.05) is 0 Å². The molecule has 0 unspecified atom stereocenters. The Balaban J connectivity index is 1.86. The highest BCUT2D eigenvalue weighted by Gasteiger charge is 2.33. The summed E-state index contributed by atoms with van der Waals surface area (Å²) in [5.41, 5.74) is -2.29. The van der Waals surface area contributed by atoms with E-state index in [4.69, 9.17) is 0 Å². The molecule has 200 valence electrons. The van der Waals surface area contributed by atoms with Gasteiger partial charge in [-0.1, -0.05) is 13.0 Å². The van der Waals surface area contributed by atoms with Crippen molar-refractivity contribution in [3.63, 3.8) is 0 Å². The van der Waals surface area contributed by atoms with E-state index in [1.54, 1.807) is 0 Å². The molecule has 0 aliphatic rings. The maximum absolute atomic E-state index is 14.2. The molecule has 2 aromatic heterocycles. The van der Waals surface area contributed by atoms with Gasteiger partial charge in [0.05, 0.1) is 22.2 Å². The lowest BCUT2D eigenvalue weighted by molar-refractivity contribution is -0.275. The summed E-state index contributed by atoms with van der Waals surface area (Å²) in [6, 6.07) is 5.72. The van der Waals surface area contributed by atoms with Crippen molar-refractivity contribution in [2.24, 2.45) is 0 Å². The summed E-state index contributed by atoms with van der Waals surface area (Å²) in [6.45, 7) is 1.30. The zero-order valence-electron chi connectivity index (χ0n) is 18.9. The number of ether oxygens (including phenoxy) is 1. The van der Waals surface area contributed by atoms with Crippen molar-refractivity contribution < 1.29 is 43.9 Å². The van der Waals surface area contributed by atoms with E-state index in [1.165, 1.54) is 6.92 Å². The molecule has 0 amide bonds. The van der Waals surface area contributed by atoms with Crippen molar-refractivity contribution in [3.8, 4) is 22.7 Å². The molecule has 0 fully saturated rings. The molecule has 0 N–H and O–H groups in total. The third-order valence-corrected chi connectivity index (χ3v) is 7.08. The number of fused-ring (bicyclic) bond motifs is 1. The van der Waals surface area contributed by atoms with E-state index in [0.29, 0.717) is 24.3 Å². The van der Waals surface area contributed by atoms with E-state index >= 15 is 0 Å². The van der Waals surface area contributed by atoms with Crippen molar-refractivity contribution in [1.29, 1.82) is 0 Å². The molecule has 0 aliphatic heterocycles. The topological polar surface area (TPSA) is 91.2 Å². The first-order chi connectivity index (χ1) is 17.6. The van der Waals surface area contributed by atoms with Crippen LogP contribution in [0.2, 0.25) is 0 Å². The molecule has 0 radical (unpaired) electrons. The normalized spacial score (nSPS) is 12.6. The van der Waals surface area contributed by atoms with Gasteiger partial charge >= 0.3 is 12.5 Å². The Kier molecular flexibility index (Phi) is 6.67. The molecule has 0 atom stereocenters. The van der Waals surface area contributed by atoms with E-state index in [2.05, 4.69) is 14.7 Å². The van der Waals surface area contributed by atoms with Crippen LogP contribution in [0.3, 0.4) is 0 Å². The van der Waals surface area contributed by atoms with Crippen LogP contribution in [0.15, 0.2) is 64.7 Å². The van der Waals surface area contributed by atoms with E-state index in [0.717, 1.165) is 35.3 Å². The van der Waals surface area contributed by atoms with Gasteiger partial charge < -0.3 is 4.74 Å². The van der Waals surface area contributed by atoms with Crippen molar-refractivity contribution in [1.82, 2.24) is 14.5 Å². The number of alkyl halides is 6. The second-order valence-electron chi connectivity index (χ2n) is 7.79. The molecule has 0 spiro atoms. The molecule has 2 aromatic carbocycles. The maximum Gasteiger partial charge on any atom is 0.573 e. The fourth-order valence-electron chi connectivity index (χ4n) is 3.50. The second kappa shape index (κ2) is 9.38. The number of aromatic nitrogens is 3. The second-order valence-corrected chi connectivity index (χ2v) is 10.0. The van der Waals surface area contributed by atoms with Crippen molar-refractivity contribution in [2.75, 3.05) is 5.75 Å². The van der Waals surface area contributed by atoms with Gasteiger partial charge in [-0.15, -0.1) is 13.2 Å². The third-order valence-electron chi connectivity index (χ3n) is 5.35. The molecule has 7 nitrogen and oxygen atoms in total. The molecule has 0 aliphatic carbocycles. The number of pyridine rings is 1. The van der Waals surface area contributed by atoms with E-state index in [-0.39, 0.29) is 22.0 Å². The van der Waals surface area contributed by atoms with Gasteiger partial charge in [0.1, 0.15) is 11.2 Å². The molecule has 0 saturated heterocycles. The van der Waals surface area contributed by atoms with Gasteiger partial charge in [-0.25, -0.2) is 27.3 Å². The molecule has 2 heterocycles. The van der Waals surface area contributed by atoms with Gasteiger partial charge in [-0.3, -0.25) is 4.79 Å². The number of halogens is 7. The first-order valence-corrected chi connectivity index (χ1v) is 12.1. The van der Waals surface area contributed by atoms with Crippen LogP contribution in [0.25, 0.3) is 27.8 Å². The summed E-state index contributed by atoms with van der Waals surface area (Å²) in [5.74, 6) is -3.36. The van der Waals surface area contributed by atoms with Crippen LogP contribution in [0.4, 0.5) is 30.7 Å². The summed E-state index contributed by atoms with van der Waals surface area (Å²) >= 11 is 0. The van der Waals surface area contributed by atoms with Gasteiger partial charge in [-0.05, 0) is 42.0 Å². The zero-order chi connectivity index (χ0) is 28.0. The van der Waals surface area contributed by atoms with Gasteiger partial charge in [0.15, 0.2) is 27.2 Å². The number of benzene rings is 2. The van der Waals surface area contributed by atoms with Crippen LogP contribution in [0.5, 0.6) is 5.75 Å². The smallest absolute Gasteiger partial charge is 0.403 e. The van der Waals surface area contributed by atoms with Gasteiger partial charge in [0.25, 0.3) is 5.56 Å². The molecule has 0 bridgehead atoms. The number of rotatable bonds is 5. The molecule has 38 heavy (non-hydrogen) atoms. The summed E-state index contributed by atoms with van der Waals surface area (Å²) < 4.78 is 121. The van der Waals surface area contributed by atoms with Crippen LogP contribution in [0, 0.1) is 5.82 Å². The lowest BCUT2D eigenvalue weighted by atomic mass is 10.1. The van der Waals surface area contributed by atoms with Gasteiger partial charge in [-0.2, -0.15) is 13.2 Å². The minimum absolute atomic E-state index is 0.0187. The number of hydrogen-bond acceptors (Lipinski definition) is 6. The van der Waals surface area contributed by atoms with Crippen LogP contribution in [-0.4, -0.2) is 35.1 Å². The Hall–Kier alpha value is -4.01. The number of hydrogen-bond donors (Lipinski definition) is 0. The summed E-state index contributed by atoms with van der Waals surface area (Å²) in [4.78, 5) is 20.4. The van der Waals surface area contributed by atoms with Gasteiger partial charge in [0.2, 0.25) is 0 Å².